The van der Waals surface area contributed by atoms with Crippen molar-refractivity contribution in [3.8, 4) is 0 Å². The van der Waals surface area contributed by atoms with Crippen LogP contribution in [0.15, 0.2) is 20.3 Å². The molecule has 4 heteroatoms. The fourth-order valence-corrected chi connectivity index (χ4v) is 11.7. The van der Waals surface area contributed by atoms with Crippen molar-refractivity contribution >= 4 is 8.56 Å². The molecule has 0 heterocycles. The summed E-state index contributed by atoms with van der Waals surface area (Å²) >= 11 is -1.77. The number of hydrogen-bond donors (Lipinski definition) is 0. The van der Waals surface area contributed by atoms with Crippen molar-refractivity contribution in [1.82, 2.24) is 0 Å². The first-order chi connectivity index (χ1) is 12.2. The Morgan fingerprint density at radius 1 is 0.885 bits per heavy atom. The van der Waals surface area contributed by atoms with Gasteiger partial charge >= 0.3 is 169 Å². The monoisotopic (exact) mass is 563 g/mol. The van der Waals surface area contributed by atoms with Gasteiger partial charge < -0.3 is 0 Å². The summed E-state index contributed by atoms with van der Waals surface area (Å²) in [6, 6.07) is 0. The summed E-state index contributed by atoms with van der Waals surface area (Å²) in [5.74, 6) is 0. The molecule has 0 aromatic heterocycles. The first-order valence-corrected chi connectivity index (χ1v) is 20.5. The molecule has 0 spiro atoms. The fourth-order valence-electron chi connectivity index (χ4n) is 3.91. The minimum atomic E-state index is -2.26. The Kier molecular flexibility index (Phi) is 10.6. The van der Waals surface area contributed by atoms with Crippen LogP contribution in [0.5, 0.6) is 0 Å². The van der Waals surface area contributed by atoms with Crippen LogP contribution in [0.1, 0.15) is 79.1 Å². The molecular formula is C22H44O2PtSi. The molecule has 0 aromatic rings. The second kappa shape index (κ2) is 11.3. The Balaban J connectivity index is 3.01. The predicted octanol–water partition coefficient (Wildman–Crippen LogP) is 7.69. The molecule has 0 unspecified atom stereocenters. The molecule has 0 radical (unpaired) electrons. The van der Waals surface area contributed by atoms with Crippen molar-refractivity contribution in [3.05, 3.63) is 20.3 Å². The quantitative estimate of drug-likeness (QED) is 0.169. The second-order valence-corrected chi connectivity index (χ2v) is 22.5. The Labute approximate surface area is 168 Å². The first-order valence-electron chi connectivity index (χ1n) is 10.3. The molecule has 0 saturated carbocycles. The summed E-state index contributed by atoms with van der Waals surface area (Å²) in [5, 5.41) is 9.13. The average Bonchev–Trinajstić information content (AvgIpc) is 2.89. The van der Waals surface area contributed by atoms with Crippen molar-refractivity contribution in [2.45, 2.75) is 102 Å². The molecule has 0 aliphatic heterocycles. The van der Waals surface area contributed by atoms with Crippen molar-refractivity contribution in [2.75, 3.05) is 13.2 Å². The summed E-state index contributed by atoms with van der Waals surface area (Å²) in [4.78, 5) is 0. The van der Waals surface area contributed by atoms with E-state index in [0.29, 0.717) is 0 Å². The molecule has 0 aromatic carbocycles. The maximum absolute atomic E-state index is 6.30. The van der Waals surface area contributed by atoms with Gasteiger partial charge in [-0.25, -0.2) is 0 Å². The number of rotatable bonds is 13. The molecule has 1 aliphatic carbocycles. The van der Waals surface area contributed by atoms with Crippen LogP contribution in [0.2, 0.25) is 22.5 Å². The maximum atomic E-state index is 6.30. The summed E-state index contributed by atoms with van der Waals surface area (Å²) in [7, 11) is -2.26. The van der Waals surface area contributed by atoms with Crippen LogP contribution in [0, 0.1) is 0 Å². The molecule has 0 amide bonds. The van der Waals surface area contributed by atoms with Gasteiger partial charge in [-0.3, -0.25) is 0 Å². The van der Waals surface area contributed by atoms with Gasteiger partial charge in [0.05, 0.1) is 0 Å². The van der Waals surface area contributed by atoms with Crippen molar-refractivity contribution in [3.63, 3.8) is 0 Å². The third-order valence-corrected chi connectivity index (χ3v) is 13.9. The zero-order chi connectivity index (χ0) is 19.8. The van der Waals surface area contributed by atoms with Crippen LogP contribution >= 0.6 is 0 Å². The van der Waals surface area contributed by atoms with E-state index >= 15 is 0 Å². The molecule has 1 rings (SSSR count). The van der Waals surface area contributed by atoms with Gasteiger partial charge in [0.2, 0.25) is 0 Å². The van der Waals surface area contributed by atoms with Gasteiger partial charge in [-0.1, -0.05) is 0 Å². The van der Waals surface area contributed by atoms with E-state index in [9.17, 15) is 0 Å². The zero-order valence-electron chi connectivity index (χ0n) is 18.7. The fraction of sp³-hybridized carbons (Fsp3) is 0.818. The van der Waals surface area contributed by atoms with Gasteiger partial charge in [-0.15, -0.1) is 0 Å². The number of allylic oxidation sites excluding steroid dienone is 4. The van der Waals surface area contributed by atoms with Crippen LogP contribution in [0.3, 0.4) is 0 Å². The van der Waals surface area contributed by atoms with Gasteiger partial charge in [-0.2, -0.15) is 0 Å². The zero-order valence-corrected chi connectivity index (χ0v) is 22.0. The average molecular weight is 564 g/mol. The van der Waals surface area contributed by atoms with E-state index in [-0.39, 0.29) is 0 Å². The van der Waals surface area contributed by atoms with Crippen LogP contribution < -0.4 is 0 Å². The van der Waals surface area contributed by atoms with Crippen molar-refractivity contribution in [2.24, 2.45) is 0 Å². The Morgan fingerprint density at radius 2 is 1.42 bits per heavy atom. The minimum absolute atomic E-state index is 0.751. The number of hydrogen-bond acceptors (Lipinski definition) is 2. The van der Waals surface area contributed by atoms with Gasteiger partial charge in [0.15, 0.2) is 0 Å². The first kappa shape index (κ1) is 24.3. The predicted molar refractivity (Wildman–Crippen MR) is 115 cm³/mol. The summed E-state index contributed by atoms with van der Waals surface area (Å²) in [6.45, 7) is 12.7. The van der Waals surface area contributed by atoms with E-state index in [0.717, 1.165) is 19.6 Å². The molecule has 26 heavy (non-hydrogen) atoms. The Morgan fingerprint density at radius 3 is 1.92 bits per heavy atom. The van der Waals surface area contributed by atoms with Gasteiger partial charge in [0.25, 0.3) is 0 Å². The molecule has 1 aliphatic rings. The van der Waals surface area contributed by atoms with Crippen molar-refractivity contribution < 1.29 is 24.9 Å². The SMILES string of the molecule is CCCCCCCCC1=C([Si](C)(OCC)OCC)C[C]([Pt]([CH3])([CH3])[CH3])=C1C. The van der Waals surface area contributed by atoms with Crippen molar-refractivity contribution in [1.29, 1.82) is 0 Å². The summed E-state index contributed by atoms with van der Waals surface area (Å²) < 4.78 is 14.4. The third-order valence-electron chi connectivity index (χ3n) is 5.26. The van der Waals surface area contributed by atoms with E-state index in [4.69, 9.17) is 8.85 Å². The molecule has 158 valence electrons. The van der Waals surface area contributed by atoms with Crippen LogP contribution in [0.25, 0.3) is 0 Å². The number of unbranched alkanes of at least 4 members (excludes halogenated alkanes) is 5. The Bertz CT molecular complexity index is 497. The Hall–Kier alpha value is 0.305. The molecule has 0 fully saturated rings. The third kappa shape index (κ3) is 6.73. The van der Waals surface area contributed by atoms with E-state index in [1.54, 1.807) is 20.3 Å². The van der Waals surface area contributed by atoms with Crippen LogP contribution in [-0.4, -0.2) is 21.8 Å². The normalized spacial score (nSPS) is 16.8. The molecule has 2 nitrogen and oxygen atoms in total. The van der Waals surface area contributed by atoms with Gasteiger partial charge in [0, 0.05) is 0 Å². The van der Waals surface area contributed by atoms with Gasteiger partial charge in [-0.05, 0) is 0 Å². The summed E-state index contributed by atoms with van der Waals surface area (Å²) in [6.07, 6.45) is 10.5. The molecule has 0 saturated heterocycles. The van der Waals surface area contributed by atoms with E-state index in [1.165, 1.54) is 44.9 Å². The summed E-state index contributed by atoms with van der Waals surface area (Å²) in [5.41, 5.74) is 3.22. The topological polar surface area (TPSA) is 18.5 Å². The van der Waals surface area contributed by atoms with E-state index in [1.807, 2.05) is 0 Å². The van der Waals surface area contributed by atoms with E-state index < -0.39 is 24.6 Å². The second-order valence-electron chi connectivity index (χ2n) is 7.88. The standard InChI is InChI=1S/C19H35O2Si.3CH3.Pt/c1-6-9-10-11-12-13-14-18-17(4)15-16-19(18)22(5,20-7-2)21-8-3;;;;/h6-14,16H2,1-5H3;3*1H3;. The molecule has 0 bridgehead atoms. The van der Waals surface area contributed by atoms with E-state index in [2.05, 4.69) is 50.2 Å². The molecule has 0 N–H and O–H groups in total. The van der Waals surface area contributed by atoms with Crippen LogP contribution in [0.4, 0.5) is 0 Å². The van der Waals surface area contributed by atoms with Gasteiger partial charge in [0.1, 0.15) is 0 Å². The van der Waals surface area contributed by atoms with Crippen LogP contribution in [-0.2, 0) is 24.9 Å². The molecule has 0 atom stereocenters. The molecular weight excluding hydrogens is 519 g/mol.